The maximum Gasteiger partial charge on any atom is 0.241 e. The van der Waals surface area contributed by atoms with E-state index in [-0.39, 0.29) is 12.0 Å². The Bertz CT molecular complexity index is 499. The molecular formula is C17H26N2O3. The molecule has 1 aliphatic rings. The third kappa shape index (κ3) is 4.71. The Morgan fingerprint density at radius 2 is 2.18 bits per heavy atom. The number of amides is 1. The largest absolute Gasteiger partial charge is 0.490 e. The predicted molar refractivity (Wildman–Crippen MR) is 87.2 cm³/mol. The number of nitrogens with two attached hydrogens (primary N) is 1. The second-order valence-electron chi connectivity index (χ2n) is 5.79. The highest BCUT2D eigenvalue weighted by Gasteiger charge is 2.17. The summed E-state index contributed by atoms with van der Waals surface area (Å²) in [5.74, 6) is 0.724. The van der Waals surface area contributed by atoms with Crippen LogP contribution in [-0.4, -0.2) is 31.3 Å². The summed E-state index contributed by atoms with van der Waals surface area (Å²) in [7, 11) is 0. The molecule has 1 atom stereocenters. The number of benzene rings is 1. The molecule has 0 radical (unpaired) electrons. The first-order valence-corrected chi connectivity index (χ1v) is 8.01. The van der Waals surface area contributed by atoms with Gasteiger partial charge in [-0.1, -0.05) is 13.3 Å². The Balaban J connectivity index is 1.95. The number of carbonyl (C=O) groups excluding carboxylic acids is 1. The van der Waals surface area contributed by atoms with Crippen LogP contribution >= 0.6 is 0 Å². The van der Waals surface area contributed by atoms with Crippen LogP contribution < -0.4 is 15.8 Å². The molecule has 1 heterocycles. The number of hydrogen-bond acceptors (Lipinski definition) is 4. The van der Waals surface area contributed by atoms with Gasteiger partial charge in [-0.15, -0.1) is 0 Å². The van der Waals surface area contributed by atoms with Crippen molar-refractivity contribution in [3.05, 3.63) is 23.8 Å². The van der Waals surface area contributed by atoms with E-state index >= 15 is 0 Å². The van der Waals surface area contributed by atoms with Gasteiger partial charge in [-0.2, -0.15) is 0 Å². The fourth-order valence-corrected chi connectivity index (χ4v) is 2.51. The Kier molecular flexibility index (Phi) is 6.21. The second-order valence-corrected chi connectivity index (χ2v) is 5.79. The summed E-state index contributed by atoms with van der Waals surface area (Å²) in [4.78, 5) is 11.9. The molecule has 5 heteroatoms. The SMILES string of the molecule is CCCC(N)C(=O)Nc1ccc(OC2CCOCC2)c(C)c1. The minimum Gasteiger partial charge on any atom is -0.490 e. The molecule has 1 aromatic rings. The normalized spacial score (nSPS) is 17.0. The topological polar surface area (TPSA) is 73.6 Å². The van der Waals surface area contributed by atoms with E-state index in [1.807, 2.05) is 32.0 Å². The van der Waals surface area contributed by atoms with Gasteiger partial charge in [-0.3, -0.25) is 4.79 Å². The number of aryl methyl sites for hydroxylation is 1. The van der Waals surface area contributed by atoms with Crippen molar-refractivity contribution in [2.45, 2.75) is 51.7 Å². The van der Waals surface area contributed by atoms with Gasteiger partial charge in [0.2, 0.25) is 5.91 Å². The second kappa shape index (κ2) is 8.15. The molecule has 1 fully saturated rings. The summed E-state index contributed by atoms with van der Waals surface area (Å²) in [6.45, 7) is 5.51. The molecule has 2 rings (SSSR count). The summed E-state index contributed by atoms with van der Waals surface area (Å²) >= 11 is 0. The van der Waals surface area contributed by atoms with Crippen molar-refractivity contribution in [1.29, 1.82) is 0 Å². The van der Waals surface area contributed by atoms with Crippen molar-refractivity contribution in [2.75, 3.05) is 18.5 Å². The molecule has 0 aliphatic carbocycles. The molecule has 0 spiro atoms. The van der Waals surface area contributed by atoms with Gasteiger partial charge in [0.25, 0.3) is 0 Å². The minimum absolute atomic E-state index is 0.139. The summed E-state index contributed by atoms with van der Waals surface area (Å²) in [6, 6.07) is 5.23. The maximum atomic E-state index is 11.9. The minimum atomic E-state index is -0.455. The lowest BCUT2D eigenvalue weighted by Gasteiger charge is -2.24. The van der Waals surface area contributed by atoms with Crippen LogP contribution in [0, 0.1) is 6.92 Å². The van der Waals surface area contributed by atoms with E-state index < -0.39 is 6.04 Å². The number of ether oxygens (including phenoxy) is 2. The van der Waals surface area contributed by atoms with E-state index in [9.17, 15) is 4.79 Å². The molecule has 0 saturated carbocycles. The summed E-state index contributed by atoms with van der Waals surface area (Å²) in [6.07, 6.45) is 3.64. The Morgan fingerprint density at radius 1 is 1.45 bits per heavy atom. The third-order valence-corrected chi connectivity index (χ3v) is 3.84. The van der Waals surface area contributed by atoms with Crippen LogP contribution in [-0.2, 0) is 9.53 Å². The first-order valence-electron chi connectivity index (χ1n) is 8.01. The molecule has 0 bridgehead atoms. The van der Waals surface area contributed by atoms with Gasteiger partial charge in [0.1, 0.15) is 11.9 Å². The van der Waals surface area contributed by atoms with E-state index in [2.05, 4.69) is 5.32 Å². The van der Waals surface area contributed by atoms with Gasteiger partial charge >= 0.3 is 0 Å². The van der Waals surface area contributed by atoms with Crippen molar-refractivity contribution in [2.24, 2.45) is 5.73 Å². The zero-order valence-corrected chi connectivity index (χ0v) is 13.4. The number of anilines is 1. The molecule has 1 aromatic carbocycles. The van der Waals surface area contributed by atoms with E-state index in [0.717, 1.165) is 49.5 Å². The maximum absolute atomic E-state index is 11.9. The van der Waals surface area contributed by atoms with Crippen molar-refractivity contribution in [3.63, 3.8) is 0 Å². The van der Waals surface area contributed by atoms with E-state index in [1.54, 1.807) is 0 Å². The lowest BCUT2D eigenvalue weighted by atomic mass is 10.1. The third-order valence-electron chi connectivity index (χ3n) is 3.84. The molecule has 1 aliphatic heterocycles. The van der Waals surface area contributed by atoms with Gasteiger partial charge in [-0.05, 0) is 37.1 Å². The van der Waals surface area contributed by atoms with E-state index in [4.69, 9.17) is 15.2 Å². The Morgan fingerprint density at radius 3 is 2.82 bits per heavy atom. The van der Waals surface area contributed by atoms with E-state index in [0.29, 0.717) is 6.42 Å². The van der Waals surface area contributed by atoms with Gasteiger partial charge in [0, 0.05) is 18.5 Å². The standard InChI is InChI=1S/C17H26N2O3/c1-3-4-15(18)17(20)19-13-5-6-16(12(2)11-13)22-14-7-9-21-10-8-14/h5-6,11,14-15H,3-4,7-10,18H2,1-2H3,(H,19,20). The molecule has 22 heavy (non-hydrogen) atoms. The summed E-state index contributed by atoms with van der Waals surface area (Å²) < 4.78 is 11.3. The quantitative estimate of drug-likeness (QED) is 0.847. The average molecular weight is 306 g/mol. The van der Waals surface area contributed by atoms with E-state index in [1.165, 1.54) is 0 Å². The fraction of sp³-hybridized carbons (Fsp3) is 0.588. The number of rotatable bonds is 6. The zero-order valence-electron chi connectivity index (χ0n) is 13.4. The Labute approximate surface area is 132 Å². The number of carbonyl (C=O) groups is 1. The molecule has 0 aromatic heterocycles. The lowest BCUT2D eigenvalue weighted by molar-refractivity contribution is -0.117. The molecule has 1 saturated heterocycles. The fourth-order valence-electron chi connectivity index (χ4n) is 2.51. The highest BCUT2D eigenvalue weighted by Crippen LogP contribution is 2.25. The van der Waals surface area contributed by atoms with Crippen LogP contribution in [0.2, 0.25) is 0 Å². The van der Waals surface area contributed by atoms with Crippen LogP contribution in [0.4, 0.5) is 5.69 Å². The molecule has 5 nitrogen and oxygen atoms in total. The summed E-state index contributed by atoms with van der Waals surface area (Å²) in [5.41, 5.74) is 7.58. The zero-order chi connectivity index (χ0) is 15.9. The first-order chi connectivity index (χ1) is 10.6. The van der Waals surface area contributed by atoms with Crippen molar-refractivity contribution in [1.82, 2.24) is 0 Å². The molecule has 1 amide bonds. The average Bonchev–Trinajstić information content (AvgIpc) is 2.51. The summed E-state index contributed by atoms with van der Waals surface area (Å²) in [5, 5.41) is 2.86. The number of nitrogens with one attached hydrogen (secondary N) is 1. The monoisotopic (exact) mass is 306 g/mol. The lowest BCUT2D eigenvalue weighted by Crippen LogP contribution is -2.35. The molecule has 3 N–H and O–H groups in total. The van der Waals surface area contributed by atoms with Crippen LogP contribution in [0.1, 0.15) is 38.2 Å². The number of hydrogen-bond donors (Lipinski definition) is 2. The highest BCUT2D eigenvalue weighted by atomic mass is 16.5. The van der Waals surface area contributed by atoms with Crippen LogP contribution in [0.5, 0.6) is 5.75 Å². The van der Waals surface area contributed by atoms with Gasteiger partial charge < -0.3 is 20.5 Å². The van der Waals surface area contributed by atoms with Crippen LogP contribution in [0.15, 0.2) is 18.2 Å². The molecule has 122 valence electrons. The predicted octanol–water partition coefficient (Wildman–Crippen LogP) is 2.62. The van der Waals surface area contributed by atoms with Crippen LogP contribution in [0.3, 0.4) is 0 Å². The smallest absolute Gasteiger partial charge is 0.241 e. The molecule has 1 unspecified atom stereocenters. The van der Waals surface area contributed by atoms with Gasteiger partial charge in [0.05, 0.1) is 19.3 Å². The Hall–Kier alpha value is -1.59. The van der Waals surface area contributed by atoms with Gasteiger partial charge in [-0.25, -0.2) is 0 Å². The molecular weight excluding hydrogens is 280 g/mol. The van der Waals surface area contributed by atoms with Crippen molar-refractivity contribution in [3.8, 4) is 5.75 Å². The van der Waals surface area contributed by atoms with Crippen LogP contribution in [0.25, 0.3) is 0 Å². The van der Waals surface area contributed by atoms with Crippen molar-refractivity contribution >= 4 is 11.6 Å². The highest BCUT2D eigenvalue weighted by molar-refractivity contribution is 5.94. The van der Waals surface area contributed by atoms with Crippen molar-refractivity contribution < 1.29 is 14.3 Å². The first kappa shape index (κ1) is 16.8. The van der Waals surface area contributed by atoms with Gasteiger partial charge in [0.15, 0.2) is 0 Å².